The molecule has 0 aromatic rings. The van der Waals surface area contributed by atoms with E-state index in [-0.39, 0.29) is 0 Å². The van der Waals surface area contributed by atoms with E-state index in [0.717, 1.165) is 13.1 Å². The van der Waals surface area contributed by atoms with Crippen molar-refractivity contribution in [3.63, 3.8) is 0 Å². The highest BCUT2D eigenvalue weighted by Crippen LogP contribution is 2.54. The summed E-state index contributed by atoms with van der Waals surface area (Å²) in [4.78, 5) is 314. The molecule has 0 spiro atoms. The van der Waals surface area contributed by atoms with Gasteiger partial charge in [-0.2, -0.15) is 0 Å². The van der Waals surface area contributed by atoms with Crippen molar-refractivity contribution in [2.75, 3.05) is 0 Å². The van der Waals surface area contributed by atoms with Crippen LogP contribution in [0.1, 0.15) is 0 Å². The Morgan fingerprint density at radius 1 is 0.225 bits per heavy atom. The third-order valence-corrected chi connectivity index (χ3v) is 308. The maximum atomic E-state index is 12.8. The molecule has 0 aliphatic rings. The molecule has 0 saturated heterocycles. The molecule has 26 N–H and O–H groups in total. The summed E-state index contributed by atoms with van der Waals surface area (Å²) >= 11 is 0. The lowest BCUT2D eigenvalue weighted by molar-refractivity contribution is 0.296. The molecular weight excluding hydrogens is 1910 g/mol. The highest BCUT2D eigenvalue weighted by atomic mass is 30.5. The fourth-order valence-electron chi connectivity index (χ4n) is 7.79. The molecule has 0 aromatic carbocycles. The smallest absolute Gasteiger partial charge is 0.420 e. The maximum absolute atomic E-state index is 12.8. The molecule has 0 atom stereocenters. The zero-order chi connectivity index (χ0) is 69.1. The van der Waals surface area contributed by atoms with Gasteiger partial charge in [-0.15, -0.1) is 0 Å². The molecule has 41 nitrogen and oxygen atoms in total. The molecule has 0 saturated carbocycles. The summed E-state index contributed by atoms with van der Waals surface area (Å²) in [7, 11) is -101. The zero-order valence-corrected chi connectivity index (χ0v) is 87.2. The third-order valence-electron chi connectivity index (χ3n) is 10.7. The first-order chi connectivity index (χ1) is 41.9. The van der Waals surface area contributed by atoms with Gasteiger partial charge >= 0.3 is 127 Å². The second kappa shape index (κ2) is 44.4. The summed E-state index contributed by atoms with van der Waals surface area (Å²) in [6, 6.07) is 0. The van der Waals surface area contributed by atoms with E-state index >= 15 is 0 Å². The van der Waals surface area contributed by atoms with Crippen LogP contribution in [0.2, 0.25) is 39.3 Å². The molecule has 0 aliphatic carbocycles. The van der Waals surface area contributed by atoms with Crippen LogP contribution < -0.4 is 0 Å². The van der Waals surface area contributed by atoms with Crippen molar-refractivity contribution in [3.8, 4) is 0 Å². The van der Waals surface area contributed by atoms with E-state index in [1.807, 2.05) is 0 Å². The van der Waals surface area contributed by atoms with Gasteiger partial charge in [0.25, 0.3) is 83.2 Å². The molecule has 0 bridgehead atoms. The van der Waals surface area contributed by atoms with Crippen LogP contribution in [-0.2, 0) is 61.7 Å². The Bertz CT molecular complexity index is 1750. The van der Waals surface area contributed by atoms with Gasteiger partial charge < -0.3 is 186 Å². The fraction of sp³-hybridized carbons (Fsp3) is 1.00. The molecule has 0 aliphatic heterocycles. The van der Waals surface area contributed by atoms with E-state index in [9.17, 15) is 125 Å². The fourth-order valence-corrected chi connectivity index (χ4v) is 514. The van der Waals surface area contributed by atoms with Gasteiger partial charge in [0.1, 0.15) is 0 Å². The van der Waals surface area contributed by atoms with Crippen LogP contribution in [-0.4, -0.2) is 491 Å². The van der Waals surface area contributed by atoms with Crippen LogP contribution in [0.15, 0.2) is 0 Å². The van der Waals surface area contributed by atoms with Gasteiger partial charge in [-0.05, 0) is 39.3 Å². The van der Waals surface area contributed by atoms with Gasteiger partial charge in [0.2, 0.25) is 139 Å². The van der Waals surface area contributed by atoms with Crippen LogP contribution in [0.3, 0.4) is 0 Å². The minimum atomic E-state index is -8.10. The lowest BCUT2D eigenvalue weighted by Crippen LogP contribution is -3.14. The first-order valence-corrected chi connectivity index (χ1v) is 104. The van der Waals surface area contributed by atoms with Crippen LogP contribution in [0.25, 0.3) is 0 Å². The zero-order valence-electron chi connectivity index (χ0n) is 44.9. The topological polar surface area (TPSA) is 664 Å². The summed E-state index contributed by atoms with van der Waals surface area (Å²) in [6.07, 6.45) is 0. The normalized spacial score (nSPS) is 14.8. The van der Waals surface area contributed by atoms with Gasteiger partial charge in [0, 0.05) is 0 Å². The molecule has 52 radical (unpaired) electrons. The average Bonchev–Trinajstić information content (AvgIpc) is 0.643. The van der Waals surface area contributed by atoms with Crippen molar-refractivity contribution in [1.29, 1.82) is 0 Å². The highest BCUT2D eigenvalue weighted by Gasteiger charge is 3.01. The summed E-state index contributed by atoms with van der Waals surface area (Å²) < 4.78 is 100. The third kappa shape index (κ3) is 19.8. The molecule has 0 heterocycles. The van der Waals surface area contributed by atoms with E-state index < -0.39 is 367 Å². The molecule has 0 amide bonds. The highest BCUT2D eigenvalue weighted by molar-refractivity contribution is 8.23. The van der Waals surface area contributed by atoms with E-state index in [0.29, 0.717) is 0 Å². The first kappa shape index (κ1) is 96.5. The summed E-state index contributed by atoms with van der Waals surface area (Å²) in [5.41, 5.74) is 0. The molecule has 484 valence electrons. The summed E-state index contributed by atoms with van der Waals surface area (Å²) in [5.74, 6) is 0. The first-order valence-electron chi connectivity index (χ1n) is 21.8. The van der Waals surface area contributed by atoms with Crippen molar-refractivity contribution in [3.05, 3.63) is 0 Å². The lowest BCUT2D eigenvalue weighted by atomic mass is 11.9. The second-order valence-corrected chi connectivity index (χ2v) is 184. The predicted octanol–water partition coefficient (Wildman–Crippen LogP) is -28.5. The molecular formula is C6H46O41Si42. The van der Waals surface area contributed by atoms with Crippen molar-refractivity contribution >= 4 is 367 Å². The van der Waals surface area contributed by atoms with Gasteiger partial charge in [-0.25, -0.2) is 0 Å². The summed E-state index contributed by atoms with van der Waals surface area (Å²) in [5, 5.41) is 0. The Labute approximate surface area is 586 Å². The van der Waals surface area contributed by atoms with E-state index in [1.165, 1.54) is 26.2 Å². The van der Waals surface area contributed by atoms with Crippen molar-refractivity contribution < 1.29 is 186 Å². The number of hydrogen-bond acceptors (Lipinski definition) is 41. The van der Waals surface area contributed by atoms with Crippen LogP contribution in [0, 0.1) is 0 Å². The number of hydrogen-bond donors (Lipinski definition) is 26. The summed E-state index contributed by atoms with van der Waals surface area (Å²) in [6.45, 7) is -45.6. The molecule has 89 heavy (non-hydrogen) atoms. The lowest BCUT2D eigenvalue weighted by Gasteiger charge is -2.70. The molecule has 0 aromatic heterocycles. The largest absolute Gasteiger partial charge is 0.441 e. The molecule has 83 heteroatoms. The van der Waals surface area contributed by atoms with Crippen LogP contribution in [0.4, 0.5) is 0 Å². The van der Waals surface area contributed by atoms with E-state index in [2.05, 4.69) is 0 Å². The Balaban J connectivity index is 14.3. The standard InChI is InChI=1S/C6H46O41Si42/c1-74(2)41-76(5,6)43-81(88(84(66-25,67-26)37-52-11,85(68-27,69-28)38-53-12)45-77(56-15,57-16)33-48-7,89(86(70-29,71-30)39-54-13,87(72-31,73-32)40-55-14)46-78(58-17,59-18)34-49-8)47-80(82(62-21,63-22)35-50-9,83(64-23,65-24)36-51-10)44-79(60-19,61-20)42-75(3)4/h7-32,74-75H,1-6H3. The van der Waals surface area contributed by atoms with Crippen molar-refractivity contribution in [1.82, 2.24) is 0 Å². The Hall–Kier alpha value is 7.47. The monoisotopic (exact) mass is 1950 g/mol. The Morgan fingerprint density at radius 3 is 0.640 bits per heavy atom. The molecule has 0 unspecified atom stereocenters. The molecule has 0 fully saturated rings. The molecule has 0 rings (SSSR count). The van der Waals surface area contributed by atoms with Gasteiger partial charge in [-0.1, -0.05) is 0 Å². The van der Waals surface area contributed by atoms with Gasteiger partial charge in [0.05, 0.1) is 0 Å². The van der Waals surface area contributed by atoms with Crippen LogP contribution in [0.5, 0.6) is 0 Å². The van der Waals surface area contributed by atoms with Gasteiger partial charge in [-0.3, -0.25) is 0 Å². The van der Waals surface area contributed by atoms with Crippen molar-refractivity contribution in [2.45, 2.75) is 39.3 Å². The minimum Gasteiger partial charge on any atom is -0.441 e. The quantitative estimate of drug-likeness (QED) is 0.0251. The Morgan fingerprint density at radius 2 is 0.449 bits per heavy atom. The Kier molecular flexibility index (Phi) is 48.2. The maximum Gasteiger partial charge on any atom is 0.420 e. The average molecular weight is 1950 g/mol. The predicted molar refractivity (Wildman–Crippen MR) is 354 cm³/mol. The second-order valence-electron chi connectivity index (χ2n) is 16.3. The SMILES string of the molecule is C[SiH](C)O[Si](C)(C)O[Si](O[Si](O[Si](O[SiH](C)C)([Si]O)[Si]O)([Si](O[Si]O)([Si]O)[Si]O)[Si](O[Si]O)([Si]O)[Si]O)([Si](O[Si](O[Si]O)([Si]O)[Si]O)([Si](O[Si]O)([Si]O)[Si]O)[Si](O[Si]O)([Si]O)[Si]O)[Si](O[Si](O[Si]O)([Si]O)[Si]O)([Si](O[Si]O)([Si]O)[Si]O)[Si](O[Si]O)([Si]O)[Si]O. The van der Waals surface area contributed by atoms with E-state index in [4.69, 9.17) is 61.7 Å². The van der Waals surface area contributed by atoms with Crippen LogP contribution >= 0.6 is 0 Å². The van der Waals surface area contributed by atoms with E-state index in [1.54, 1.807) is 0 Å². The number of rotatable bonds is 56. The van der Waals surface area contributed by atoms with Crippen molar-refractivity contribution in [2.24, 2.45) is 0 Å². The minimum absolute atomic E-state index is 1.09. The van der Waals surface area contributed by atoms with Gasteiger partial charge in [0.15, 0.2) is 18.1 Å².